The van der Waals surface area contributed by atoms with E-state index in [2.05, 4.69) is 10.4 Å². The van der Waals surface area contributed by atoms with Crippen molar-refractivity contribution in [1.82, 2.24) is 15.1 Å². The van der Waals surface area contributed by atoms with Crippen molar-refractivity contribution in [2.24, 2.45) is 5.73 Å². The quantitative estimate of drug-likeness (QED) is 0.458. The highest BCUT2D eigenvalue weighted by atomic mass is 16.6. The third-order valence-electron chi connectivity index (χ3n) is 4.77. The van der Waals surface area contributed by atoms with Crippen LogP contribution in [-0.4, -0.2) is 26.5 Å². The van der Waals surface area contributed by atoms with Gasteiger partial charge in [0.1, 0.15) is 17.4 Å². The molecule has 0 fully saturated rings. The topological polar surface area (TPSA) is 133 Å². The molecule has 0 bridgehead atoms. The number of amides is 2. The van der Waals surface area contributed by atoms with Gasteiger partial charge in [0.2, 0.25) is 5.91 Å². The van der Waals surface area contributed by atoms with Crippen LogP contribution in [0.4, 0.5) is 5.69 Å². The van der Waals surface area contributed by atoms with Crippen molar-refractivity contribution in [3.8, 4) is 0 Å². The lowest BCUT2D eigenvalue weighted by Crippen LogP contribution is -2.37. The molecule has 1 aromatic heterocycles. The molecule has 1 atom stereocenters. The van der Waals surface area contributed by atoms with E-state index in [4.69, 9.17) is 5.73 Å². The number of primary amides is 1. The fraction of sp³-hybridized carbons (Fsp3) is 0.190. The molecule has 0 aliphatic carbocycles. The summed E-state index contributed by atoms with van der Waals surface area (Å²) in [5, 5.41) is 18.0. The number of hydrogen-bond donors (Lipinski definition) is 2. The smallest absolute Gasteiger partial charge is 0.312 e. The highest BCUT2D eigenvalue weighted by Gasteiger charge is 2.22. The molecule has 3 rings (SSSR count). The number of nitro groups is 1. The molecule has 1 heterocycles. The molecular formula is C21H21N5O4. The maximum Gasteiger partial charge on any atom is 0.312 e. The van der Waals surface area contributed by atoms with Crippen molar-refractivity contribution in [2.45, 2.75) is 26.4 Å². The maximum absolute atomic E-state index is 12.6. The molecule has 9 nitrogen and oxygen atoms in total. The van der Waals surface area contributed by atoms with Gasteiger partial charge in [-0.25, -0.2) is 0 Å². The van der Waals surface area contributed by atoms with Crippen LogP contribution in [0.5, 0.6) is 0 Å². The number of benzene rings is 2. The minimum absolute atomic E-state index is 0.00408. The molecule has 1 unspecified atom stereocenters. The van der Waals surface area contributed by atoms with Gasteiger partial charge < -0.3 is 11.1 Å². The first-order valence-corrected chi connectivity index (χ1v) is 9.20. The SMILES string of the molecule is Cc1nn(Cc2ccc(C(=O)NC(C(N)=O)c3ccccc3)cc2)c(C)c1[N+](=O)[O-]. The van der Waals surface area contributed by atoms with Gasteiger partial charge in [-0.3, -0.25) is 24.4 Å². The molecule has 0 aliphatic rings. The Balaban J connectivity index is 1.74. The molecule has 0 radical (unpaired) electrons. The molecule has 0 aliphatic heterocycles. The lowest BCUT2D eigenvalue weighted by Gasteiger charge is -2.16. The average Bonchev–Trinajstić information content (AvgIpc) is 3.00. The second-order valence-electron chi connectivity index (χ2n) is 6.85. The van der Waals surface area contributed by atoms with E-state index < -0.39 is 22.8 Å². The Morgan fingerprint density at radius 1 is 1.13 bits per heavy atom. The van der Waals surface area contributed by atoms with E-state index >= 15 is 0 Å². The number of nitrogens with zero attached hydrogens (tertiary/aromatic N) is 3. The van der Waals surface area contributed by atoms with Crippen molar-refractivity contribution in [1.29, 1.82) is 0 Å². The van der Waals surface area contributed by atoms with E-state index in [0.717, 1.165) is 5.56 Å². The summed E-state index contributed by atoms with van der Waals surface area (Å²) in [5.74, 6) is -1.09. The van der Waals surface area contributed by atoms with Gasteiger partial charge in [0, 0.05) is 5.56 Å². The first kappa shape index (κ1) is 20.7. The van der Waals surface area contributed by atoms with E-state index in [1.54, 1.807) is 73.1 Å². The second-order valence-corrected chi connectivity index (χ2v) is 6.85. The predicted molar refractivity (Wildman–Crippen MR) is 110 cm³/mol. The fourth-order valence-corrected chi connectivity index (χ4v) is 3.22. The van der Waals surface area contributed by atoms with Gasteiger partial charge in [0.25, 0.3) is 5.91 Å². The van der Waals surface area contributed by atoms with E-state index in [-0.39, 0.29) is 5.69 Å². The largest absolute Gasteiger partial charge is 0.368 e. The van der Waals surface area contributed by atoms with Gasteiger partial charge in [0.15, 0.2) is 0 Å². The summed E-state index contributed by atoms with van der Waals surface area (Å²) >= 11 is 0. The van der Waals surface area contributed by atoms with Crippen LogP contribution in [0, 0.1) is 24.0 Å². The molecule has 2 aromatic carbocycles. The number of nitrogens with two attached hydrogens (primary N) is 1. The molecule has 2 amide bonds. The van der Waals surface area contributed by atoms with Crippen LogP contribution in [0.2, 0.25) is 0 Å². The normalized spacial score (nSPS) is 11.7. The lowest BCUT2D eigenvalue weighted by molar-refractivity contribution is -0.386. The van der Waals surface area contributed by atoms with Crippen LogP contribution in [0.25, 0.3) is 0 Å². The maximum atomic E-state index is 12.6. The van der Waals surface area contributed by atoms with E-state index in [9.17, 15) is 19.7 Å². The van der Waals surface area contributed by atoms with Crippen molar-refractivity contribution < 1.29 is 14.5 Å². The predicted octanol–water partition coefficient (Wildman–Crippen LogP) is 2.41. The zero-order chi connectivity index (χ0) is 21.8. The summed E-state index contributed by atoms with van der Waals surface area (Å²) < 4.78 is 1.56. The Kier molecular flexibility index (Phi) is 5.91. The molecule has 3 aromatic rings. The Morgan fingerprint density at radius 2 is 1.77 bits per heavy atom. The highest BCUT2D eigenvalue weighted by molar-refractivity contribution is 5.97. The minimum atomic E-state index is -0.936. The van der Waals surface area contributed by atoms with Crippen molar-refractivity contribution in [3.05, 3.63) is 92.8 Å². The third kappa shape index (κ3) is 4.35. The highest BCUT2D eigenvalue weighted by Crippen LogP contribution is 2.22. The molecule has 0 saturated heterocycles. The second kappa shape index (κ2) is 8.56. The molecule has 3 N–H and O–H groups in total. The van der Waals surface area contributed by atoms with E-state index in [1.165, 1.54) is 0 Å². The Labute approximate surface area is 172 Å². The molecule has 154 valence electrons. The van der Waals surface area contributed by atoms with Crippen LogP contribution >= 0.6 is 0 Å². The van der Waals surface area contributed by atoms with Crippen LogP contribution in [0.1, 0.15) is 38.9 Å². The van der Waals surface area contributed by atoms with Gasteiger partial charge in [0.05, 0.1) is 11.5 Å². The number of aromatic nitrogens is 2. The summed E-state index contributed by atoms with van der Waals surface area (Å²) in [7, 11) is 0. The van der Waals surface area contributed by atoms with Crippen LogP contribution in [0.3, 0.4) is 0 Å². The van der Waals surface area contributed by atoms with Crippen molar-refractivity contribution in [2.75, 3.05) is 0 Å². The molecule has 30 heavy (non-hydrogen) atoms. The Hall–Kier alpha value is -4.01. The standard InChI is InChI=1S/C21H21N5O4/c1-13-19(26(29)30)14(2)25(24-13)12-15-8-10-17(11-9-15)21(28)23-18(20(22)27)16-6-4-3-5-7-16/h3-11,18H,12H2,1-2H3,(H2,22,27)(H,23,28). The van der Waals surface area contributed by atoms with Gasteiger partial charge in [-0.15, -0.1) is 0 Å². The average molecular weight is 407 g/mol. The third-order valence-corrected chi connectivity index (χ3v) is 4.77. The van der Waals surface area contributed by atoms with Crippen LogP contribution < -0.4 is 11.1 Å². The Morgan fingerprint density at radius 3 is 2.30 bits per heavy atom. The van der Waals surface area contributed by atoms with Crippen LogP contribution in [0.15, 0.2) is 54.6 Å². The number of rotatable bonds is 7. The zero-order valence-electron chi connectivity index (χ0n) is 16.5. The van der Waals surface area contributed by atoms with Gasteiger partial charge >= 0.3 is 5.69 Å². The summed E-state index contributed by atoms with van der Waals surface area (Å²) in [6, 6.07) is 14.5. The van der Waals surface area contributed by atoms with Gasteiger partial charge in [-0.1, -0.05) is 42.5 Å². The summed E-state index contributed by atoms with van der Waals surface area (Å²) in [6.45, 7) is 3.57. The fourth-order valence-electron chi connectivity index (χ4n) is 3.22. The van der Waals surface area contributed by atoms with E-state index in [0.29, 0.717) is 29.1 Å². The van der Waals surface area contributed by atoms with Crippen LogP contribution in [-0.2, 0) is 11.3 Å². The number of carbonyl (C=O) groups is 2. The summed E-state index contributed by atoms with van der Waals surface area (Å²) in [4.78, 5) is 35.1. The first-order chi connectivity index (χ1) is 14.3. The number of nitrogens with one attached hydrogen (secondary N) is 1. The van der Waals surface area contributed by atoms with Crippen molar-refractivity contribution >= 4 is 17.5 Å². The lowest BCUT2D eigenvalue weighted by atomic mass is 10.1. The van der Waals surface area contributed by atoms with E-state index in [1.807, 2.05) is 0 Å². The molecule has 0 saturated carbocycles. The molecule has 0 spiro atoms. The Bertz CT molecular complexity index is 1090. The molecule has 9 heteroatoms. The molecular weight excluding hydrogens is 386 g/mol. The summed E-state index contributed by atoms with van der Waals surface area (Å²) in [5.41, 5.74) is 8.05. The first-order valence-electron chi connectivity index (χ1n) is 9.20. The van der Waals surface area contributed by atoms with Gasteiger partial charge in [-0.05, 0) is 37.1 Å². The zero-order valence-corrected chi connectivity index (χ0v) is 16.5. The van der Waals surface area contributed by atoms with Gasteiger partial charge in [-0.2, -0.15) is 5.10 Å². The number of hydrogen-bond acceptors (Lipinski definition) is 5. The number of aryl methyl sites for hydroxylation is 1. The summed E-state index contributed by atoms with van der Waals surface area (Å²) in [6.07, 6.45) is 0. The minimum Gasteiger partial charge on any atom is -0.368 e. The monoisotopic (exact) mass is 407 g/mol. The van der Waals surface area contributed by atoms with Crippen molar-refractivity contribution in [3.63, 3.8) is 0 Å². The number of carbonyl (C=O) groups excluding carboxylic acids is 2.